The molecule has 0 amide bonds. The molecule has 0 unspecified atom stereocenters. The number of rotatable bonds is 4. The molecule has 0 aromatic heterocycles. The van der Waals surface area contributed by atoms with Gasteiger partial charge in [0.15, 0.2) is 0 Å². The Kier molecular flexibility index (Phi) is 3.31. The van der Waals surface area contributed by atoms with Crippen LogP contribution in [0.1, 0.15) is 12.5 Å². The summed E-state index contributed by atoms with van der Waals surface area (Å²) in [5.74, 6) is -0.306. The Morgan fingerprint density at radius 2 is 2.27 bits per heavy atom. The van der Waals surface area contributed by atoms with E-state index < -0.39 is 11.5 Å². The Balaban J connectivity index is 2.85. The third-order valence-electron chi connectivity index (χ3n) is 2.19. The summed E-state index contributed by atoms with van der Waals surface area (Å²) in [5.41, 5.74) is 5.25. The molecular weight excluding hydrogens is 194 g/mol. The predicted octanol–water partition coefficient (Wildman–Crippen LogP) is 1.04. The molecule has 3 N–H and O–H groups in total. The van der Waals surface area contributed by atoms with Gasteiger partial charge in [0.1, 0.15) is 11.3 Å². The summed E-state index contributed by atoms with van der Waals surface area (Å²) < 4.78 is 5.04. The minimum Gasteiger partial charge on any atom is -0.497 e. The van der Waals surface area contributed by atoms with Crippen LogP contribution < -0.4 is 10.5 Å². The van der Waals surface area contributed by atoms with E-state index in [0.29, 0.717) is 5.75 Å². The van der Waals surface area contributed by atoms with Crippen molar-refractivity contribution in [2.45, 2.75) is 18.9 Å². The Labute approximate surface area is 88.7 Å². The van der Waals surface area contributed by atoms with Gasteiger partial charge in [0.05, 0.1) is 7.11 Å². The van der Waals surface area contributed by atoms with Crippen molar-refractivity contribution in [3.8, 4) is 5.75 Å². The minimum absolute atomic E-state index is 0.277. The van der Waals surface area contributed by atoms with Crippen molar-refractivity contribution >= 4 is 5.97 Å². The molecule has 0 aliphatic carbocycles. The van der Waals surface area contributed by atoms with Gasteiger partial charge in [-0.3, -0.25) is 4.79 Å². The molecule has 4 nitrogen and oxygen atoms in total. The highest BCUT2D eigenvalue weighted by Gasteiger charge is 2.28. The van der Waals surface area contributed by atoms with Crippen molar-refractivity contribution in [1.29, 1.82) is 0 Å². The van der Waals surface area contributed by atoms with Crippen molar-refractivity contribution in [1.82, 2.24) is 0 Å². The number of nitrogens with two attached hydrogens (primary N) is 1. The van der Waals surface area contributed by atoms with Gasteiger partial charge < -0.3 is 15.6 Å². The van der Waals surface area contributed by atoms with Crippen molar-refractivity contribution in [3.63, 3.8) is 0 Å². The van der Waals surface area contributed by atoms with Crippen LogP contribution in [0.25, 0.3) is 0 Å². The first-order chi connectivity index (χ1) is 6.95. The van der Waals surface area contributed by atoms with Crippen molar-refractivity contribution in [2.75, 3.05) is 7.11 Å². The number of benzene rings is 1. The van der Waals surface area contributed by atoms with Gasteiger partial charge in [0.2, 0.25) is 0 Å². The van der Waals surface area contributed by atoms with Crippen LogP contribution in [0.15, 0.2) is 24.3 Å². The van der Waals surface area contributed by atoms with Crippen molar-refractivity contribution < 1.29 is 14.6 Å². The quantitative estimate of drug-likeness (QED) is 0.777. The van der Waals surface area contributed by atoms with E-state index in [0.717, 1.165) is 5.56 Å². The molecule has 15 heavy (non-hydrogen) atoms. The Morgan fingerprint density at radius 3 is 2.80 bits per heavy atom. The summed E-state index contributed by atoms with van der Waals surface area (Å²) in [5, 5.41) is 8.87. The average Bonchev–Trinajstić information content (AvgIpc) is 2.17. The number of carboxylic acids is 1. The fourth-order valence-corrected chi connectivity index (χ4v) is 1.28. The summed E-state index contributed by atoms with van der Waals surface area (Å²) in [4.78, 5) is 10.8. The van der Waals surface area contributed by atoms with Gasteiger partial charge in [-0.2, -0.15) is 0 Å². The highest BCUT2D eigenvalue weighted by Crippen LogP contribution is 2.16. The Hall–Kier alpha value is -1.55. The van der Waals surface area contributed by atoms with E-state index >= 15 is 0 Å². The maximum atomic E-state index is 10.8. The first-order valence-corrected chi connectivity index (χ1v) is 4.61. The lowest BCUT2D eigenvalue weighted by molar-refractivity contribution is -0.142. The third kappa shape index (κ3) is 2.95. The molecule has 0 aliphatic heterocycles. The Morgan fingerprint density at radius 1 is 1.60 bits per heavy atom. The molecule has 0 saturated heterocycles. The largest absolute Gasteiger partial charge is 0.497 e. The molecule has 4 heteroatoms. The minimum atomic E-state index is -1.24. The number of aliphatic carboxylic acids is 1. The molecule has 1 aromatic carbocycles. The monoisotopic (exact) mass is 209 g/mol. The number of methoxy groups -OCH3 is 1. The normalized spacial score (nSPS) is 14.3. The molecule has 0 spiro atoms. The van der Waals surface area contributed by atoms with Gasteiger partial charge >= 0.3 is 5.97 Å². The second-order valence-electron chi connectivity index (χ2n) is 3.75. The van der Waals surface area contributed by atoms with Crippen LogP contribution in [0.3, 0.4) is 0 Å². The maximum Gasteiger partial charge on any atom is 0.323 e. The molecule has 0 aliphatic rings. The number of carbonyl (C=O) groups is 1. The smallest absolute Gasteiger partial charge is 0.323 e. The van der Waals surface area contributed by atoms with Crippen molar-refractivity contribution in [3.05, 3.63) is 29.8 Å². The lowest BCUT2D eigenvalue weighted by atomic mass is 9.94. The van der Waals surface area contributed by atoms with E-state index in [1.807, 2.05) is 12.1 Å². The van der Waals surface area contributed by atoms with E-state index in [1.54, 1.807) is 19.2 Å². The zero-order chi connectivity index (χ0) is 11.5. The number of hydrogen-bond donors (Lipinski definition) is 2. The summed E-state index contributed by atoms with van der Waals surface area (Å²) in [6.45, 7) is 1.49. The number of hydrogen-bond acceptors (Lipinski definition) is 3. The van der Waals surface area contributed by atoms with Crippen LogP contribution in [0.4, 0.5) is 0 Å². The predicted molar refractivity (Wildman–Crippen MR) is 56.9 cm³/mol. The third-order valence-corrected chi connectivity index (χ3v) is 2.19. The summed E-state index contributed by atoms with van der Waals surface area (Å²) >= 11 is 0. The summed E-state index contributed by atoms with van der Waals surface area (Å²) in [7, 11) is 1.57. The Bertz CT molecular complexity index is 361. The second kappa shape index (κ2) is 4.31. The van der Waals surface area contributed by atoms with E-state index in [1.165, 1.54) is 6.92 Å². The number of ether oxygens (including phenoxy) is 1. The molecule has 1 atom stereocenters. The van der Waals surface area contributed by atoms with E-state index in [9.17, 15) is 4.79 Å². The van der Waals surface area contributed by atoms with Crippen LogP contribution in [0.5, 0.6) is 5.75 Å². The molecule has 0 heterocycles. The maximum absolute atomic E-state index is 10.8. The van der Waals surface area contributed by atoms with Crippen LogP contribution >= 0.6 is 0 Å². The second-order valence-corrected chi connectivity index (χ2v) is 3.75. The lowest BCUT2D eigenvalue weighted by Crippen LogP contribution is -2.46. The van der Waals surface area contributed by atoms with Crippen molar-refractivity contribution in [2.24, 2.45) is 5.73 Å². The summed E-state index contributed by atoms with van der Waals surface area (Å²) in [6.07, 6.45) is 0.277. The zero-order valence-corrected chi connectivity index (χ0v) is 8.86. The van der Waals surface area contributed by atoms with Gasteiger partial charge in [-0.05, 0) is 24.6 Å². The molecule has 0 fully saturated rings. The SMILES string of the molecule is COc1cccc(C[C@@](C)(N)C(=O)O)c1. The zero-order valence-electron chi connectivity index (χ0n) is 8.86. The van der Waals surface area contributed by atoms with Crippen LogP contribution in [0.2, 0.25) is 0 Å². The van der Waals surface area contributed by atoms with E-state index in [4.69, 9.17) is 15.6 Å². The van der Waals surface area contributed by atoms with Gasteiger partial charge in [-0.25, -0.2) is 0 Å². The van der Waals surface area contributed by atoms with Gasteiger partial charge in [0, 0.05) is 6.42 Å². The summed E-state index contributed by atoms with van der Waals surface area (Å²) in [6, 6.07) is 7.23. The molecule has 82 valence electrons. The van der Waals surface area contributed by atoms with E-state index in [2.05, 4.69) is 0 Å². The fourth-order valence-electron chi connectivity index (χ4n) is 1.28. The molecule has 1 rings (SSSR count). The highest BCUT2D eigenvalue weighted by molar-refractivity contribution is 5.78. The van der Waals surface area contributed by atoms with E-state index in [-0.39, 0.29) is 6.42 Å². The lowest BCUT2D eigenvalue weighted by Gasteiger charge is -2.19. The standard InChI is InChI=1S/C11H15NO3/c1-11(12,10(13)14)7-8-4-3-5-9(6-8)15-2/h3-6H,7,12H2,1-2H3,(H,13,14)/t11-/m1/s1. The molecule has 0 bridgehead atoms. The first kappa shape index (κ1) is 11.5. The molecule has 0 radical (unpaired) electrons. The van der Waals surface area contributed by atoms with Crippen LogP contribution in [0, 0.1) is 0 Å². The fraction of sp³-hybridized carbons (Fsp3) is 0.364. The molecular formula is C11H15NO3. The average molecular weight is 209 g/mol. The van der Waals surface area contributed by atoms with Crippen LogP contribution in [-0.2, 0) is 11.2 Å². The van der Waals surface area contributed by atoms with Crippen LogP contribution in [-0.4, -0.2) is 23.7 Å². The molecule has 1 aromatic rings. The highest BCUT2D eigenvalue weighted by atomic mass is 16.5. The first-order valence-electron chi connectivity index (χ1n) is 4.61. The molecule has 0 saturated carbocycles. The topological polar surface area (TPSA) is 72.5 Å². The number of carboxylic acid groups (broad SMARTS) is 1. The van der Waals surface area contributed by atoms with Gasteiger partial charge in [0.25, 0.3) is 0 Å². The van der Waals surface area contributed by atoms with Gasteiger partial charge in [-0.15, -0.1) is 0 Å². The van der Waals surface area contributed by atoms with Gasteiger partial charge in [-0.1, -0.05) is 12.1 Å².